The third-order valence-electron chi connectivity index (χ3n) is 4.61. The second kappa shape index (κ2) is 12.8. The number of thiazole rings is 1. The van der Waals surface area contributed by atoms with Crippen LogP contribution in [-0.4, -0.2) is 46.7 Å². The Kier molecular flexibility index (Phi) is 10.4. The van der Waals surface area contributed by atoms with Gasteiger partial charge in [-0.15, -0.1) is 11.3 Å². The van der Waals surface area contributed by atoms with Crippen molar-refractivity contribution in [1.29, 1.82) is 0 Å². The van der Waals surface area contributed by atoms with E-state index in [0.717, 1.165) is 19.3 Å². The van der Waals surface area contributed by atoms with Gasteiger partial charge in [0.25, 0.3) is 5.91 Å². The number of amides is 3. The highest BCUT2D eigenvalue weighted by atomic mass is 35.5. The van der Waals surface area contributed by atoms with Gasteiger partial charge in [0.2, 0.25) is 11.8 Å². The van der Waals surface area contributed by atoms with Crippen LogP contribution in [0.3, 0.4) is 0 Å². The predicted octanol–water partition coefficient (Wildman–Crippen LogP) is 4.79. The van der Waals surface area contributed by atoms with Gasteiger partial charge in [-0.2, -0.15) is 0 Å². The maximum absolute atomic E-state index is 12.9. The minimum atomic E-state index is -0.378. The Morgan fingerprint density at radius 3 is 2.53 bits per heavy atom. The fourth-order valence-electron chi connectivity index (χ4n) is 2.87. The average molecular weight is 499 g/mol. The lowest BCUT2D eigenvalue weighted by Gasteiger charge is -2.26. The molecule has 0 spiro atoms. The Morgan fingerprint density at radius 1 is 1.12 bits per heavy atom. The number of unbranched alkanes of at least 4 members (excludes halogenated alkanes) is 2. The highest BCUT2D eigenvalue weighted by molar-refractivity contribution is 7.13. The van der Waals surface area contributed by atoms with Crippen LogP contribution in [0.5, 0.6) is 0 Å². The molecule has 0 aliphatic heterocycles. The summed E-state index contributed by atoms with van der Waals surface area (Å²) < 4.78 is 0. The number of benzene rings is 1. The molecule has 2 N–H and O–H groups in total. The molecule has 174 valence electrons. The van der Waals surface area contributed by atoms with Gasteiger partial charge in [0, 0.05) is 23.5 Å². The Balaban J connectivity index is 1.93. The Labute approximate surface area is 202 Å². The van der Waals surface area contributed by atoms with E-state index in [-0.39, 0.29) is 41.8 Å². The summed E-state index contributed by atoms with van der Waals surface area (Å²) >= 11 is 13.2. The van der Waals surface area contributed by atoms with Gasteiger partial charge in [0.1, 0.15) is 6.54 Å². The molecule has 0 radical (unpaired) electrons. The number of hydrogen-bond donors (Lipinski definition) is 2. The Morgan fingerprint density at radius 2 is 1.88 bits per heavy atom. The smallest absolute Gasteiger partial charge is 0.254 e. The second-order valence-electron chi connectivity index (χ2n) is 7.58. The Bertz CT molecular complexity index is 949. The molecule has 2 rings (SSSR count). The minimum Gasteiger partial charge on any atom is -0.356 e. The topological polar surface area (TPSA) is 91.4 Å². The summed E-state index contributed by atoms with van der Waals surface area (Å²) in [5, 5.41) is 8.32. The summed E-state index contributed by atoms with van der Waals surface area (Å²) in [5.41, 5.74) is 0.938. The number of carbonyl (C=O) groups is 3. The van der Waals surface area contributed by atoms with Gasteiger partial charge in [-0.3, -0.25) is 14.4 Å². The number of nitrogens with one attached hydrogen (secondary N) is 2. The molecule has 0 bridgehead atoms. The largest absolute Gasteiger partial charge is 0.356 e. The van der Waals surface area contributed by atoms with E-state index in [0.29, 0.717) is 28.0 Å². The van der Waals surface area contributed by atoms with Crippen LogP contribution in [0.25, 0.3) is 0 Å². The molecule has 1 aromatic carbocycles. The first kappa shape index (κ1) is 26.1. The van der Waals surface area contributed by atoms with Crippen molar-refractivity contribution >= 4 is 57.4 Å². The van der Waals surface area contributed by atoms with Crippen LogP contribution in [0.1, 0.15) is 56.1 Å². The monoisotopic (exact) mass is 498 g/mol. The van der Waals surface area contributed by atoms with E-state index in [9.17, 15) is 14.4 Å². The van der Waals surface area contributed by atoms with E-state index in [4.69, 9.17) is 23.2 Å². The van der Waals surface area contributed by atoms with Gasteiger partial charge < -0.3 is 15.5 Å². The summed E-state index contributed by atoms with van der Waals surface area (Å²) in [6, 6.07) is 4.39. The molecule has 0 aliphatic rings. The molecule has 2 aromatic rings. The van der Waals surface area contributed by atoms with Gasteiger partial charge in [-0.05, 0) is 38.5 Å². The molecule has 10 heteroatoms. The summed E-state index contributed by atoms with van der Waals surface area (Å²) in [6.07, 6.45) is 3.28. The SMILES string of the molecule is CCCCCNC(=O)Cc1csc(NC(=O)CN(C(=O)c2ccc(Cl)c(Cl)c2)C(C)C)n1. The normalized spacial score (nSPS) is 10.8. The van der Waals surface area contributed by atoms with E-state index >= 15 is 0 Å². The highest BCUT2D eigenvalue weighted by Gasteiger charge is 2.23. The maximum Gasteiger partial charge on any atom is 0.254 e. The number of aromatic nitrogens is 1. The Hall–Kier alpha value is -2.16. The zero-order valence-corrected chi connectivity index (χ0v) is 20.7. The number of anilines is 1. The van der Waals surface area contributed by atoms with Gasteiger partial charge in [-0.1, -0.05) is 43.0 Å². The number of rotatable bonds is 11. The molecule has 0 saturated carbocycles. The molecule has 0 aliphatic carbocycles. The molecule has 32 heavy (non-hydrogen) atoms. The quantitative estimate of drug-likeness (QED) is 0.435. The standard InChI is InChI=1S/C22H28Cl2N4O3S/c1-4-5-6-9-25-19(29)11-16-13-32-22(26-16)27-20(30)12-28(14(2)3)21(31)15-7-8-17(23)18(24)10-15/h7-8,10,13-14H,4-6,9,11-12H2,1-3H3,(H,25,29)(H,26,27,30). The number of carbonyl (C=O) groups excluding carboxylic acids is 3. The molecular weight excluding hydrogens is 471 g/mol. The third-order valence-corrected chi connectivity index (χ3v) is 6.15. The molecule has 7 nitrogen and oxygen atoms in total. The molecular formula is C22H28Cl2N4O3S. The zero-order valence-electron chi connectivity index (χ0n) is 18.4. The van der Waals surface area contributed by atoms with Crippen LogP contribution >= 0.6 is 34.5 Å². The second-order valence-corrected chi connectivity index (χ2v) is 9.25. The zero-order chi connectivity index (χ0) is 23.7. The summed E-state index contributed by atoms with van der Waals surface area (Å²) in [7, 11) is 0. The van der Waals surface area contributed by atoms with Crippen molar-refractivity contribution in [2.24, 2.45) is 0 Å². The van der Waals surface area contributed by atoms with Crippen LogP contribution in [0.4, 0.5) is 5.13 Å². The first-order valence-corrected chi connectivity index (χ1v) is 12.1. The van der Waals surface area contributed by atoms with Gasteiger partial charge in [-0.25, -0.2) is 4.98 Å². The number of halogens is 2. The molecule has 3 amide bonds. The lowest BCUT2D eigenvalue weighted by atomic mass is 10.1. The lowest BCUT2D eigenvalue weighted by molar-refractivity contribution is -0.120. The van der Waals surface area contributed by atoms with Crippen LogP contribution in [0.15, 0.2) is 23.6 Å². The minimum absolute atomic E-state index is 0.0949. The van der Waals surface area contributed by atoms with E-state index in [2.05, 4.69) is 22.5 Å². The fraction of sp³-hybridized carbons (Fsp3) is 0.455. The average Bonchev–Trinajstić information content (AvgIpc) is 3.17. The van der Waals surface area contributed by atoms with Gasteiger partial charge in [0.05, 0.1) is 22.2 Å². The third kappa shape index (κ3) is 8.07. The maximum atomic E-state index is 12.9. The van der Waals surface area contributed by atoms with Crippen molar-refractivity contribution in [3.63, 3.8) is 0 Å². The van der Waals surface area contributed by atoms with Crippen molar-refractivity contribution in [2.45, 2.75) is 52.5 Å². The number of nitrogens with zero attached hydrogens (tertiary/aromatic N) is 2. The van der Waals surface area contributed by atoms with Crippen molar-refractivity contribution in [2.75, 3.05) is 18.4 Å². The van der Waals surface area contributed by atoms with Gasteiger partial charge >= 0.3 is 0 Å². The predicted molar refractivity (Wildman–Crippen MR) is 130 cm³/mol. The summed E-state index contributed by atoms with van der Waals surface area (Å²) in [4.78, 5) is 43.2. The van der Waals surface area contributed by atoms with Crippen LogP contribution in [0, 0.1) is 0 Å². The van der Waals surface area contributed by atoms with E-state index in [1.807, 2.05) is 13.8 Å². The lowest BCUT2D eigenvalue weighted by Crippen LogP contribution is -2.42. The van der Waals surface area contributed by atoms with Crippen molar-refractivity contribution in [3.8, 4) is 0 Å². The van der Waals surface area contributed by atoms with Gasteiger partial charge in [0.15, 0.2) is 5.13 Å². The summed E-state index contributed by atoms with van der Waals surface area (Å²) in [6.45, 7) is 6.25. The first-order valence-electron chi connectivity index (χ1n) is 10.5. The molecule has 0 fully saturated rings. The van der Waals surface area contributed by atoms with Crippen molar-refractivity contribution in [1.82, 2.24) is 15.2 Å². The molecule has 1 aromatic heterocycles. The molecule has 1 heterocycles. The summed E-state index contributed by atoms with van der Waals surface area (Å²) in [5.74, 6) is -0.798. The van der Waals surface area contributed by atoms with Crippen LogP contribution in [0.2, 0.25) is 10.0 Å². The van der Waals surface area contributed by atoms with Crippen LogP contribution < -0.4 is 10.6 Å². The fourth-order valence-corrected chi connectivity index (χ4v) is 3.90. The molecule has 0 atom stereocenters. The molecule has 0 saturated heterocycles. The molecule has 0 unspecified atom stereocenters. The van der Waals surface area contributed by atoms with E-state index < -0.39 is 0 Å². The van der Waals surface area contributed by atoms with E-state index in [1.54, 1.807) is 17.5 Å². The number of hydrogen-bond acceptors (Lipinski definition) is 5. The first-order chi connectivity index (χ1) is 15.2. The van der Waals surface area contributed by atoms with Crippen molar-refractivity contribution in [3.05, 3.63) is 44.9 Å². The highest BCUT2D eigenvalue weighted by Crippen LogP contribution is 2.24. The van der Waals surface area contributed by atoms with Crippen molar-refractivity contribution < 1.29 is 14.4 Å². The van der Waals surface area contributed by atoms with E-state index in [1.165, 1.54) is 22.3 Å². The van der Waals surface area contributed by atoms with Crippen LogP contribution in [-0.2, 0) is 16.0 Å².